The van der Waals surface area contributed by atoms with Crippen LogP contribution in [0, 0.1) is 6.92 Å². The third kappa shape index (κ3) is 5.08. The third-order valence-electron chi connectivity index (χ3n) is 4.28. The highest BCUT2D eigenvalue weighted by Crippen LogP contribution is 2.13. The van der Waals surface area contributed by atoms with Crippen molar-refractivity contribution in [3.05, 3.63) is 29.8 Å². The topological polar surface area (TPSA) is 69.7 Å². The number of hydrogen-bond acceptors (Lipinski definition) is 3. The van der Waals surface area contributed by atoms with E-state index in [2.05, 4.69) is 5.32 Å². The van der Waals surface area contributed by atoms with Crippen LogP contribution in [0.1, 0.15) is 31.2 Å². The molecule has 1 aromatic carbocycles. The molecule has 1 saturated heterocycles. The molecule has 1 aromatic rings. The van der Waals surface area contributed by atoms with Gasteiger partial charge in [-0.25, -0.2) is 0 Å². The van der Waals surface area contributed by atoms with Crippen molar-refractivity contribution in [2.45, 2.75) is 32.6 Å². The van der Waals surface area contributed by atoms with Gasteiger partial charge in [-0.1, -0.05) is 18.2 Å². The van der Waals surface area contributed by atoms with E-state index in [9.17, 15) is 14.4 Å². The molecule has 0 saturated carbocycles. The zero-order chi connectivity index (χ0) is 17.5. The van der Waals surface area contributed by atoms with Crippen molar-refractivity contribution in [1.82, 2.24) is 9.80 Å². The van der Waals surface area contributed by atoms with Gasteiger partial charge in [0.2, 0.25) is 17.7 Å². The lowest BCUT2D eigenvalue weighted by Crippen LogP contribution is -2.42. The Kier molecular flexibility index (Phi) is 6.35. The van der Waals surface area contributed by atoms with Crippen LogP contribution in [0.2, 0.25) is 0 Å². The molecule has 0 unspecified atom stereocenters. The summed E-state index contributed by atoms with van der Waals surface area (Å²) in [5, 5.41) is 2.76. The van der Waals surface area contributed by atoms with Gasteiger partial charge in [0.15, 0.2) is 0 Å². The Hall–Kier alpha value is -2.37. The van der Waals surface area contributed by atoms with E-state index in [0.717, 1.165) is 30.6 Å². The molecule has 1 fully saturated rings. The van der Waals surface area contributed by atoms with Crippen LogP contribution in [0.25, 0.3) is 0 Å². The second-order valence-corrected chi connectivity index (χ2v) is 6.19. The van der Waals surface area contributed by atoms with Gasteiger partial charge in [-0.3, -0.25) is 14.4 Å². The standard InChI is InChI=1S/C18H25N3O3/c1-14-7-3-4-8-15(14)19-16(22)13-18(24)20(2)11-12-21-10-6-5-9-17(21)23/h3-4,7-8H,5-6,9-13H2,1-2H3,(H,19,22). The second kappa shape index (κ2) is 8.47. The van der Waals surface area contributed by atoms with E-state index < -0.39 is 0 Å². The van der Waals surface area contributed by atoms with Crippen molar-refractivity contribution in [2.24, 2.45) is 0 Å². The van der Waals surface area contributed by atoms with Crippen LogP contribution in [0.15, 0.2) is 24.3 Å². The minimum Gasteiger partial charge on any atom is -0.344 e. The van der Waals surface area contributed by atoms with E-state index >= 15 is 0 Å². The molecule has 2 rings (SSSR count). The number of amides is 3. The molecule has 0 spiro atoms. The number of hydrogen-bond donors (Lipinski definition) is 1. The lowest BCUT2D eigenvalue weighted by molar-refractivity contribution is -0.137. The maximum atomic E-state index is 12.1. The number of carbonyl (C=O) groups excluding carboxylic acids is 3. The smallest absolute Gasteiger partial charge is 0.233 e. The highest BCUT2D eigenvalue weighted by molar-refractivity contribution is 6.03. The summed E-state index contributed by atoms with van der Waals surface area (Å²) >= 11 is 0. The molecule has 1 N–H and O–H groups in total. The molecule has 3 amide bonds. The molecule has 24 heavy (non-hydrogen) atoms. The number of benzene rings is 1. The molecule has 1 heterocycles. The van der Waals surface area contributed by atoms with E-state index in [-0.39, 0.29) is 24.1 Å². The first-order valence-corrected chi connectivity index (χ1v) is 8.34. The summed E-state index contributed by atoms with van der Waals surface area (Å²) in [6, 6.07) is 7.45. The molecule has 1 aliphatic heterocycles. The number of aryl methyl sites for hydroxylation is 1. The van der Waals surface area contributed by atoms with Crippen molar-refractivity contribution in [2.75, 3.05) is 32.0 Å². The SMILES string of the molecule is Cc1ccccc1NC(=O)CC(=O)N(C)CCN1CCCCC1=O. The van der Waals surface area contributed by atoms with Gasteiger partial charge in [0.25, 0.3) is 0 Å². The minimum atomic E-state index is -0.324. The van der Waals surface area contributed by atoms with E-state index in [1.807, 2.05) is 31.2 Å². The Morgan fingerprint density at radius 2 is 2.00 bits per heavy atom. The fourth-order valence-electron chi connectivity index (χ4n) is 2.67. The van der Waals surface area contributed by atoms with Crippen LogP contribution >= 0.6 is 0 Å². The van der Waals surface area contributed by atoms with Crippen LogP contribution in [0.3, 0.4) is 0 Å². The zero-order valence-corrected chi connectivity index (χ0v) is 14.4. The maximum Gasteiger partial charge on any atom is 0.233 e. The summed E-state index contributed by atoms with van der Waals surface area (Å²) in [4.78, 5) is 39.2. The fourth-order valence-corrected chi connectivity index (χ4v) is 2.67. The number of rotatable bonds is 6. The van der Waals surface area contributed by atoms with Crippen molar-refractivity contribution < 1.29 is 14.4 Å². The molecule has 0 radical (unpaired) electrons. The van der Waals surface area contributed by atoms with Crippen molar-refractivity contribution in [3.63, 3.8) is 0 Å². The highest BCUT2D eigenvalue weighted by Gasteiger charge is 2.20. The Labute approximate surface area is 142 Å². The van der Waals surface area contributed by atoms with E-state index in [1.54, 1.807) is 11.9 Å². The molecular weight excluding hydrogens is 306 g/mol. The van der Waals surface area contributed by atoms with Crippen molar-refractivity contribution in [1.29, 1.82) is 0 Å². The summed E-state index contributed by atoms with van der Waals surface area (Å²) in [6.07, 6.45) is 2.36. The summed E-state index contributed by atoms with van der Waals surface area (Å²) in [5.41, 5.74) is 1.67. The summed E-state index contributed by atoms with van der Waals surface area (Å²) in [7, 11) is 1.66. The van der Waals surface area contributed by atoms with Gasteiger partial charge in [-0.2, -0.15) is 0 Å². The predicted molar refractivity (Wildman–Crippen MR) is 92.5 cm³/mol. The third-order valence-corrected chi connectivity index (χ3v) is 4.28. The lowest BCUT2D eigenvalue weighted by atomic mass is 10.1. The number of carbonyl (C=O) groups is 3. The maximum absolute atomic E-state index is 12.1. The Bertz CT molecular complexity index is 615. The lowest BCUT2D eigenvalue weighted by Gasteiger charge is -2.28. The molecule has 0 bridgehead atoms. The first-order chi connectivity index (χ1) is 11.5. The molecule has 0 atom stereocenters. The average Bonchev–Trinajstić information content (AvgIpc) is 2.56. The van der Waals surface area contributed by atoms with Crippen molar-refractivity contribution >= 4 is 23.4 Å². The molecular formula is C18H25N3O3. The average molecular weight is 331 g/mol. The highest BCUT2D eigenvalue weighted by atomic mass is 16.2. The molecule has 6 heteroatoms. The number of likely N-dealkylation sites (tertiary alicyclic amines) is 1. The summed E-state index contributed by atoms with van der Waals surface area (Å²) in [6.45, 7) is 3.64. The predicted octanol–water partition coefficient (Wildman–Crippen LogP) is 1.79. The van der Waals surface area contributed by atoms with Gasteiger partial charge in [0.1, 0.15) is 6.42 Å². The Morgan fingerprint density at radius 1 is 1.25 bits per heavy atom. The normalized spacial score (nSPS) is 14.4. The quantitative estimate of drug-likeness (QED) is 0.808. The molecule has 1 aliphatic rings. The van der Waals surface area contributed by atoms with Crippen LogP contribution in [-0.2, 0) is 14.4 Å². The number of piperidine rings is 1. The largest absolute Gasteiger partial charge is 0.344 e. The first-order valence-electron chi connectivity index (χ1n) is 8.34. The molecule has 0 aromatic heterocycles. The molecule has 0 aliphatic carbocycles. The van der Waals surface area contributed by atoms with Gasteiger partial charge in [0, 0.05) is 38.8 Å². The van der Waals surface area contributed by atoms with E-state index in [1.165, 1.54) is 4.90 Å². The minimum absolute atomic E-state index is 0.152. The number of nitrogens with zero attached hydrogens (tertiary/aromatic N) is 2. The van der Waals surface area contributed by atoms with E-state index in [0.29, 0.717) is 19.5 Å². The van der Waals surface area contributed by atoms with Gasteiger partial charge in [-0.05, 0) is 31.4 Å². The van der Waals surface area contributed by atoms with Gasteiger partial charge in [-0.15, -0.1) is 0 Å². The van der Waals surface area contributed by atoms with Crippen molar-refractivity contribution in [3.8, 4) is 0 Å². The summed E-state index contributed by atoms with van der Waals surface area (Å²) < 4.78 is 0. The molecule has 130 valence electrons. The second-order valence-electron chi connectivity index (χ2n) is 6.19. The number of anilines is 1. The van der Waals surface area contributed by atoms with Crippen LogP contribution in [0.5, 0.6) is 0 Å². The number of likely N-dealkylation sites (N-methyl/N-ethyl adjacent to an activating group) is 1. The first kappa shape index (κ1) is 18.0. The number of nitrogens with one attached hydrogen (secondary N) is 1. The van der Waals surface area contributed by atoms with Crippen LogP contribution < -0.4 is 5.32 Å². The monoisotopic (exact) mass is 331 g/mol. The zero-order valence-electron chi connectivity index (χ0n) is 14.4. The Balaban J connectivity index is 1.77. The van der Waals surface area contributed by atoms with Gasteiger partial charge < -0.3 is 15.1 Å². The molecule has 6 nitrogen and oxygen atoms in total. The fraction of sp³-hybridized carbons (Fsp3) is 0.500. The summed E-state index contributed by atoms with van der Waals surface area (Å²) in [5.74, 6) is -0.417. The van der Waals surface area contributed by atoms with Crippen LogP contribution in [-0.4, -0.2) is 54.2 Å². The van der Waals surface area contributed by atoms with Gasteiger partial charge >= 0.3 is 0 Å². The van der Waals surface area contributed by atoms with E-state index in [4.69, 9.17) is 0 Å². The van der Waals surface area contributed by atoms with Crippen LogP contribution in [0.4, 0.5) is 5.69 Å². The number of para-hydroxylation sites is 1. The van der Waals surface area contributed by atoms with Gasteiger partial charge in [0.05, 0.1) is 0 Å². The Morgan fingerprint density at radius 3 is 2.71 bits per heavy atom.